The highest BCUT2D eigenvalue weighted by Gasteiger charge is 2.48. The van der Waals surface area contributed by atoms with Gasteiger partial charge in [-0.1, -0.05) is 20.3 Å². The van der Waals surface area contributed by atoms with E-state index >= 15 is 0 Å². The molecule has 3 saturated heterocycles. The van der Waals surface area contributed by atoms with E-state index in [2.05, 4.69) is 31.9 Å². The standard InChI is InChI=1S/C68H120N6O27/c1-43(2)74-68(40-93-34-26-49(83)20-8-6-7-19-47(81)23-11-16-31-96-65-56(71-44(3)78)62(90)59(87)51(37-75)99-65,41-94-35-27-50(84)22-10-15-29-69-54(85)25-13-18-33-98-67-58(73-46(5)80)64(92)61(89)53(39-77)101-67)42-95-36-28-55(86)70-30-14-9-21-48(82)24-12-17-32-97-66-57(72-45(4)79)63(91)60(88)52(38-76)100-66/h43,51-53,56-67,74-77,87-92H,6-42H2,1-5H3,(H,69,85)(H,70,86)(H,71,78)(H,72,79)(H,73,80)/t51?,52?,53?,56?,57?,58?,59-,60-,61-,62+,63+,64+,65+,66+,67+,68?/m0/s1. The van der Waals surface area contributed by atoms with E-state index in [-0.39, 0.29) is 133 Å². The molecule has 3 aliphatic heterocycles. The number of nitrogens with one attached hydrogen (secondary N) is 6. The molecule has 15 N–H and O–H groups in total. The molecule has 0 aliphatic carbocycles. The minimum atomic E-state index is -1.43. The molecule has 3 aliphatic rings. The van der Waals surface area contributed by atoms with E-state index in [1.807, 2.05) is 13.8 Å². The van der Waals surface area contributed by atoms with Crippen molar-refractivity contribution in [3.63, 3.8) is 0 Å². The van der Waals surface area contributed by atoms with Crippen molar-refractivity contribution in [1.82, 2.24) is 31.9 Å². The van der Waals surface area contributed by atoms with E-state index in [9.17, 15) is 89.1 Å². The highest BCUT2D eigenvalue weighted by atomic mass is 16.7. The first kappa shape index (κ1) is 90.5. The van der Waals surface area contributed by atoms with Crippen molar-refractivity contribution in [2.24, 2.45) is 0 Å². The van der Waals surface area contributed by atoms with Gasteiger partial charge in [-0.3, -0.25) is 43.2 Å². The smallest absolute Gasteiger partial charge is 0.222 e. The van der Waals surface area contributed by atoms with Crippen molar-refractivity contribution in [2.75, 3.05) is 92.4 Å². The van der Waals surface area contributed by atoms with Gasteiger partial charge >= 0.3 is 0 Å². The number of Topliss-reactive ketones (excluding diaryl/α,β-unsaturated/α-hetero) is 4. The lowest BCUT2D eigenvalue weighted by molar-refractivity contribution is -0.270. The number of ether oxygens (including phenoxy) is 9. The van der Waals surface area contributed by atoms with Crippen molar-refractivity contribution >= 4 is 52.7 Å². The van der Waals surface area contributed by atoms with Crippen LogP contribution >= 0.6 is 0 Å². The number of unbranched alkanes of at least 4 members (excludes halogenated alkanes) is 7. The topological polar surface area (TPSA) is 491 Å². The quantitative estimate of drug-likeness (QED) is 0.0297. The first-order chi connectivity index (χ1) is 48.2. The Labute approximate surface area is 592 Å². The third kappa shape index (κ3) is 36.7. The molecule has 3 heterocycles. The molecule has 3 rings (SSSR count). The van der Waals surface area contributed by atoms with Gasteiger partial charge in [0.15, 0.2) is 18.9 Å². The van der Waals surface area contributed by atoms with Crippen LogP contribution in [0.4, 0.5) is 0 Å². The average Bonchev–Trinajstić information content (AvgIpc) is 0.826. The molecule has 0 aromatic carbocycles. The van der Waals surface area contributed by atoms with Crippen LogP contribution in [-0.2, 0) is 85.8 Å². The van der Waals surface area contributed by atoms with Crippen LogP contribution in [0, 0.1) is 0 Å². The van der Waals surface area contributed by atoms with Gasteiger partial charge < -0.3 is 120 Å². The molecule has 16 atom stereocenters. The second-order valence-corrected chi connectivity index (χ2v) is 26.6. The van der Waals surface area contributed by atoms with Gasteiger partial charge in [-0.05, 0) is 77.0 Å². The minimum Gasteiger partial charge on any atom is -0.394 e. The summed E-state index contributed by atoms with van der Waals surface area (Å²) in [6, 6.07) is -3.28. The van der Waals surface area contributed by atoms with E-state index < -0.39 is 135 Å². The highest BCUT2D eigenvalue weighted by molar-refractivity contribution is 5.80. The van der Waals surface area contributed by atoms with Crippen LogP contribution < -0.4 is 31.9 Å². The lowest BCUT2D eigenvalue weighted by Crippen LogP contribution is -2.64. The molecule has 33 nitrogen and oxygen atoms in total. The Morgan fingerprint density at radius 1 is 0.366 bits per heavy atom. The number of carbonyl (C=O) groups is 9. The molecule has 0 aromatic heterocycles. The van der Waals surface area contributed by atoms with Crippen molar-refractivity contribution in [1.29, 1.82) is 0 Å². The molecule has 101 heavy (non-hydrogen) atoms. The molecular weight excluding hydrogens is 1330 g/mol. The van der Waals surface area contributed by atoms with Gasteiger partial charge in [-0.15, -0.1) is 0 Å². The van der Waals surface area contributed by atoms with E-state index in [4.69, 9.17) is 42.6 Å². The molecule has 7 unspecified atom stereocenters. The fourth-order valence-corrected chi connectivity index (χ4v) is 11.7. The van der Waals surface area contributed by atoms with Crippen LogP contribution in [0.25, 0.3) is 0 Å². The Hall–Kier alpha value is -4.73. The van der Waals surface area contributed by atoms with Gasteiger partial charge in [0.1, 0.15) is 96.2 Å². The number of carbonyl (C=O) groups excluding carboxylic acids is 9. The van der Waals surface area contributed by atoms with Crippen LogP contribution in [0.3, 0.4) is 0 Å². The van der Waals surface area contributed by atoms with E-state index in [1.54, 1.807) is 0 Å². The van der Waals surface area contributed by atoms with Crippen molar-refractivity contribution < 1.29 is 132 Å². The van der Waals surface area contributed by atoms with Gasteiger partial charge in [0.05, 0.1) is 65.0 Å². The summed E-state index contributed by atoms with van der Waals surface area (Å²) in [6.07, 6.45) is -6.01. The number of rotatable bonds is 57. The van der Waals surface area contributed by atoms with Crippen LogP contribution in [0.1, 0.15) is 182 Å². The molecule has 0 radical (unpaired) electrons. The summed E-state index contributed by atoms with van der Waals surface area (Å²) in [7, 11) is 0. The van der Waals surface area contributed by atoms with E-state index in [0.717, 1.165) is 0 Å². The number of aliphatic hydroxyl groups is 9. The highest BCUT2D eigenvalue weighted by Crippen LogP contribution is 2.26. The molecule has 3 fully saturated rings. The largest absolute Gasteiger partial charge is 0.394 e. The van der Waals surface area contributed by atoms with Gasteiger partial charge in [0, 0.05) is 124 Å². The Balaban J connectivity index is 1.40. The third-order valence-electron chi connectivity index (χ3n) is 17.2. The Bertz CT molecular complexity index is 2170. The molecule has 33 heteroatoms. The Kier molecular flexibility index (Phi) is 46.1. The molecule has 0 spiro atoms. The van der Waals surface area contributed by atoms with Crippen LogP contribution in [-0.4, -0.2) is 295 Å². The molecule has 0 aromatic rings. The first-order valence-corrected chi connectivity index (χ1v) is 35.9. The monoisotopic (exact) mass is 1450 g/mol. The first-order valence-electron chi connectivity index (χ1n) is 35.9. The van der Waals surface area contributed by atoms with Crippen LogP contribution in [0.5, 0.6) is 0 Å². The number of amides is 5. The van der Waals surface area contributed by atoms with Crippen LogP contribution in [0.2, 0.25) is 0 Å². The summed E-state index contributed by atoms with van der Waals surface area (Å²) in [5.41, 5.74) is -0.961. The van der Waals surface area contributed by atoms with E-state index in [1.165, 1.54) is 20.8 Å². The second-order valence-electron chi connectivity index (χ2n) is 26.6. The lowest BCUT2D eigenvalue weighted by Gasteiger charge is -2.42. The van der Waals surface area contributed by atoms with Gasteiger partial charge in [-0.25, -0.2) is 0 Å². The van der Waals surface area contributed by atoms with Gasteiger partial charge in [-0.2, -0.15) is 0 Å². The number of ketones is 4. The van der Waals surface area contributed by atoms with Crippen LogP contribution in [0.15, 0.2) is 0 Å². The Morgan fingerprint density at radius 3 is 0.970 bits per heavy atom. The maximum atomic E-state index is 13.0. The molecule has 0 saturated carbocycles. The number of aliphatic hydroxyl groups excluding tert-OH is 9. The SMILES string of the molecule is CC(=O)NC1[C@H](OCCCCC(=O)CCCCCC(=O)CCOCC(COCCC(=O)CCCCNC(=O)CCCCO[C@@H]2OC(CO)[C@H](O)[C@H](O)C2NC(C)=O)(COCCC(=O)NCCCCC(=O)CCCCO[C@@H]2OC(CO)[C@H](O)[C@H](O)C2NC(C)=O)NC(C)C)OC(CO)[C@H](O)[C@@H]1O. The predicted octanol–water partition coefficient (Wildman–Crippen LogP) is -1.87. The minimum absolute atomic E-state index is 0.0116. The van der Waals surface area contributed by atoms with Crippen molar-refractivity contribution in [2.45, 2.75) is 286 Å². The zero-order valence-electron chi connectivity index (χ0n) is 59.8. The predicted molar refractivity (Wildman–Crippen MR) is 360 cm³/mol. The molecule has 5 amide bonds. The number of hydrogen-bond acceptors (Lipinski definition) is 28. The summed E-state index contributed by atoms with van der Waals surface area (Å²) in [6.45, 7) is 7.37. The Morgan fingerprint density at radius 2 is 0.653 bits per heavy atom. The lowest BCUT2D eigenvalue weighted by atomic mass is 9.97. The maximum Gasteiger partial charge on any atom is 0.222 e. The van der Waals surface area contributed by atoms with Gasteiger partial charge in [0.2, 0.25) is 29.5 Å². The summed E-state index contributed by atoms with van der Waals surface area (Å²) in [4.78, 5) is 112. The molecular formula is C68H120N6O27. The van der Waals surface area contributed by atoms with Gasteiger partial charge in [0.25, 0.3) is 0 Å². The summed E-state index contributed by atoms with van der Waals surface area (Å²) in [5.74, 6) is -1.80. The molecule has 584 valence electrons. The zero-order chi connectivity index (χ0) is 74.7. The van der Waals surface area contributed by atoms with Crippen molar-refractivity contribution in [3.05, 3.63) is 0 Å². The summed E-state index contributed by atoms with van der Waals surface area (Å²) in [5, 5.41) is 107. The molecule has 0 bridgehead atoms. The van der Waals surface area contributed by atoms with E-state index in [0.29, 0.717) is 129 Å². The zero-order valence-corrected chi connectivity index (χ0v) is 59.8. The van der Waals surface area contributed by atoms with Crippen molar-refractivity contribution in [3.8, 4) is 0 Å². The second kappa shape index (κ2) is 51.5. The summed E-state index contributed by atoms with van der Waals surface area (Å²) >= 11 is 0. The normalized spacial score (nSPS) is 25.8. The fourth-order valence-electron chi connectivity index (χ4n) is 11.7. The summed E-state index contributed by atoms with van der Waals surface area (Å²) < 4.78 is 52.2. The fraction of sp³-hybridized carbons (Fsp3) is 0.868. The third-order valence-corrected chi connectivity index (χ3v) is 17.2. The maximum absolute atomic E-state index is 13.0. The number of hydrogen-bond donors (Lipinski definition) is 15. The average molecular weight is 1450 g/mol.